The van der Waals surface area contributed by atoms with Crippen LogP contribution in [0.15, 0.2) is 18.3 Å². The third-order valence-electron chi connectivity index (χ3n) is 3.02. The van der Waals surface area contributed by atoms with E-state index in [-0.39, 0.29) is 5.91 Å². The van der Waals surface area contributed by atoms with Crippen LogP contribution in [0.5, 0.6) is 0 Å². The molecule has 1 rings (SSSR count). The van der Waals surface area contributed by atoms with Crippen LogP contribution in [-0.4, -0.2) is 10.9 Å². The average molecular weight is 283 g/mol. The molecule has 0 atom stereocenters. The number of nitrogens with one attached hydrogen (secondary N) is 1. The molecule has 0 aromatic carbocycles. The van der Waals surface area contributed by atoms with Crippen molar-refractivity contribution in [3.05, 3.63) is 23.5 Å². The quantitative estimate of drug-likeness (QED) is 0.521. The summed E-state index contributed by atoms with van der Waals surface area (Å²) >= 11 is 5.75. The molecule has 0 aliphatic carbocycles. The van der Waals surface area contributed by atoms with Crippen LogP contribution in [0.3, 0.4) is 0 Å². The van der Waals surface area contributed by atoms with Gasteiger partial charge < -0.3 is 5.32 Å². The topological polar surface area (TPSA) is 42.0 Å². The fraction of sp³-hybridized carbons (Fsp3) is 0.600. The first-order valence-electron chi connectivity index (χ1n) is 7.13. The Bertz CT molecular complexity index is 382. The number of aromatic nitrogens is 1. The fourth-order valence-electron chi connectivity index (χ4n) is 1.95. The van der Waals surface area contributed by atoms with Gasteiger partial charge in [0, 0.05) is 18.3 Å². The molecule has 0 aliphatic rings. The van der Waals surface area contributed by atoms with E-state index in [0.29, 0.717) is 17.3 Å². The van der Waals surface area contributed by atoms with Crippen LogP contribution in [0.1, 0.15) is 58.3 Å². The van der Waals surface area contributed by atoms with E-state index in [1.54, 1.807) is 18.3 Å². The van der Waals surface area contributed by atoms with Gasteiger partial charge in [-0.05, 0) is 18.6 Å². The van der Waals surface area contributed by atoms with Crippen molar-refractivity contribution in [3.63, 3.8) is 0 Å². The maximum Gasteiger partial charge on any atom is 0.224 e. The predicted molar refractivity (Wildman–Crippen MR) is 80.5 cm³/mol. The normalized spacial score (nSPS) is 10.4. The lowest BCUT2D eigenvalue weighted by Gasteiger charge is -2.05. The first kappa shape index (κ1) is 16.0. The van der Waals surface area contributed by atoms with E-state index in [0.717, 1.165) is 12.8 Å². The van der Waals surface area contributed by atoms with Crippen molar-refractivity contribution in [2.24, 2.45) is 0 Å². The summed E-state index contributed by atoms with van der Waals surface area (Å²) in [6.45, 7) is 2.22. The number of carbonyl (C=O) groups excluding carboxylic acids is 1. The standard InChI is InChI=1S/C15H23ClN2O/c1-2-3-4-5-6-7-8-9-15(19)18-13-10-11-17-14(16)12-13/h10-12H,2-9H2,1H3,(H,17,18,19). The Hall–Kier alpha value is -1.09. The minimum absolute atomic E-state index is 0.0517. The zero-order valence-electron chi connectivity index (χ0n) is 11.6. The van der Waals surface area contributed by atoms with Gasteiger partial charge in [0.2, 0.25) is 5.91 Å². The summed E-state index contributed by atoms with van der Waals surface area (Å²) in [4.78, 5) is 15.6. The van der Waals surface area contributed by atoms with Crippen molar-refractivity contribution in [3.8, 4) is 0 Å². The van der Waals surface area contributed by atoms with E-state index in [1.807, 2.05) is 0 Å². The van der Waals surface area contributed by atoms with Gasteiger partial charge >= 0.3 is 0 Å². The van der Waals surface area contributed by atoms with Crippen LogP contribution in [0, 0.1) is 0 Å². The third kappa shape index (κ3) is 7.83. The molecule has 1 aromatic rings. The Morgan fingerprint density at radius 1 is 1.21 bits per heavy atom. The Balaban J connectivity index is 2.08. The molecular weight excluding hydrogens is 260 g/mol. The van der Waals surface area contributed by atoms with Crippen LogP contribution in [0.25, 0.3) is 0 Å². The molecule has 0 spiro atoms. The van der Waals surface area contributed by atoms with Crippen LogP contribution < -0.4 is 5.32 Å². The van der Waals surface area contributed by atoms with Gasteiger partial charge in [0.25, 0.3) is 0 Å². The van der Waals surface area contributed by atoms with E-state index in [2.05, 4.69) is 17.2 Å². The highest BCUT2D eigenvalue weighted by molar-refractivity contribution is 6.29. The molecule has 0 saturated carbocycles. The summed E-state index contributed by atoms with van der Waals surface area (Å²) in [6, 6.07) is 3.40. The molecule has 4 heteroatoms. The van der Waals surface area contributed by atoms with Gasteiger partial charge in [-0.1, -0.05) is 57.0 Å². The number of unbranched alkanes of at least 4 members (excludes halogenated alkanes) is 6. The third-order valence-corrected chi connectivity index (χ3v) is 3.22. The van der Waals surface area contributed by atoms with E-state index in [9.17, 15) is 4.79 Å². The Kier molecular flexibility index (Phi) is 8.23. The highest BCUT2D eigenvalue weighted by Crippen LogP contribution is 2.13. The number of rotatable bonds is 9. The molecule has 106 valence electrons. The molecule has 0 aliphatic heterocycles. The van der Waals surface area contributed by atoms with Gasteiger partial charge in [0.05, 0.1) is 0 Å². The predicted octanol–water partition coefficient (Wildman–Crippen LogP) is 4.81. The van der Waals surface area contributed by atoms with Crippen molar-refractivity contribution in [2.45, 2.75) is 58.3 Å². The van der Waals surface area contributed by atoms with E-state index in [4.69, 9.17) is 11.6 Å². The fourth-order valence-corrected chi connectivity index (χ4v) is 2.12. The van der Waals surface area contributed by atoms with Crippen LogP contribution in [-0.2, 0) is 4.79 Å². The number of carbonyl (C=O) groups is 1. The van der Waals surface area contributed by atoms with Crippen LogP contribution in [0.4, 0.5) is 5.69 Å². The van der Waals surface area contributed by atoms with Crippen molar-refractivity contribution in [2.75, 3.05) is 5.32 Å². The second-order valence-corrected chi connectivity index (χ2v) is 5.17. The summed E-state index contributed by atoms with van der Waals surface area (Å²) in [5.41, 5.74) is 0.716. The van der Waals surface area contributed by atoms with Crippen molar-refractivity contribution >= 4 is 23.2 Å². The Labute approximate surface area is 120 Å². The largest absolute Gasteiger partial charge is 0.326 e. The summed E-state index contributed by atoms with van der Waals surface area (Å²) in [5, 5.41) is 3.23. The molecule has 0 unspecified atom stereocenters. The monoisotopic (exact) mass is 282 g/mol. The number of anilines is 1. The van der Waals surface area contributed by atoms with Gasteiger partial charge in [0.1, 0.15) is 5.15 Å². The summed E-state index contributed by atoms with van der Waals surface area (Å²) in [7, 11) is 0. The summed E-state index contributed by atoms with van der Waals surface area (Å²) < 4.78 is 0. The Morgan fingerprint density at radius 2 is 1.89 bits per heavy atom. The highest BCUT2D eigenvalue weighted by atomic mass is 35.5. The number of halogens is 1. The van der Waals surface area contributed by atoms with Crippen molar-refractivity contribution in [1.29, 1.82) is 0 Å². The van der Waals surface area contributed by atoms with Gasteiger partial charge in [-0.15, -0.1) is 0 Å². The maximum atomic E-state index is 11.7. The molecule has 19 heavy (non-hydrogen) atoms. The zero-order valence-corrected chi connectivity index (χ0v) is 12.4. The smallest absolute Gasteiger partial charge is 0.224 e. The summed E-state index contributed by atoms with van der Waals surface area (Å²) in [5.74, 6) is 0.0517. The van der Waals surface area contributed by atoms with Gasteiger partial charge in [-0.3, -0.25) is 4.79 Å². The molecule has 1 amide bonds. The van der Waals surface area contributed by atoms with E-state index >= 15 is 0 Å². The van der Waals surface area contributed by atoms with Gasteiger partial charge in [-0.25, -0.2) is 4.98 Å². The van der Waals surface area contributed by atoms with E-state index < -0.39 is 0 Å². The lowest BCUT2D eigenvalue weighted by atomic mass is 10.1. The van der Waals surface area contributed by atoms with Gasteiger partial charge in [-0.2, -0.15) is 0 Å². The Morgan fingerprint density at radius 3 is 2.58 bits per heavy atom. The lowest BCUT2D eigenvalue weighted by Crippen LogP contribution is -2.11. The van der Waals surface area contributed by atoms with Crippen LogP contribution in [0.2, 0.25) is 5.15 Å². The van der Waals surface area contributed by atoms with Crippen molar-refractivity contribution in [1.82, 2.24) is 4.98 Å². The molecule has 0 radical (unpaired) electrons. The SMILES string of the molecule is CCCCCCCCCC(=O)Nc1ccnc(Cl)c1. The zero-order chi connectivity index (χ0) is 13.9. The molecule has 3 nitrogen and oxygen atoms in total. The molecule has 1 N–H and O–H groups in total. The number of nitrogens with zero attached hydrogens (tertiary/aromatic N) is 1. The number of pyridine rings is 1. The molecule has 0 saturated heterocycles. The minimum Gasteiger partial charge on any atom is -0.326 e. The first-order valence-corrected chi connectivity index (χ1v) is 7.51. The second kappa shape index (κ2) is 9.79. The lowest BCUT2D eigenvalue weighted by molar-refractivity contribution is -0.116. The van der Waals surface area contributed by atoms with E-state index in [1.165, 1.54) is 32.1 Å². The number of amides is 1. The molecule has 0 fully saturated rings. The first-order chi connectivity index (χ1) is 9.22. The van der Waals surface area contributed by atoms with Crippen LogP contribution >= 0.6 is 11.6 Å². The number of hydrogen-bond acceptors (Lipinski definition) is 2. The molecular formula is C15H23ClN2O. The highest BCUT2D eigenvalue weighted by Gasteiger charge is 2.02. The molecule has 1 aromatic heterocycles. The molecule has 0 bridgehead atoms. The average Bonchev–Trinajstić information content (AvgIpc) is 2.37. The summed E-state index contributed by atoms with van der Waals surface area (Å²) in [6.07, 6.45) is 10.7. The number of hydrogen-bond donors (Lipinski definition) is 1. The van der Waals surface area contributed by atoms with Crippen molar-refractivity contribution < 1.29 is 4.79 Å². The maximum absolute atomic E-state index is 11.7. The molecule has 1 heterocycles. The second-order valence-electron chi connectivity index (χ2n) is 4.79. The van der Waals surface area contributed by atoms with Gasteiger partial charge in [0.15, 0.2) is 0 Å². The minimum atomic E-state index is 0.0517.